The summed E-state index contributed by atoms with van der Waals surface area (Å²) in [4.78, 5) is 44.1. The molecule has 1 atom stereocenters. The molecule has 1 aliphatic rings. The molecule has 0 saturated carbocycles. The number of carbonyl (C=O) groups is 2. The average Bonchev–Trinajstić information content (AvgIpc) is 3.08. The van der Waals surface area contributed by atoms with Crippen LogP contribution in [0.1, 0.15) is 6.42 Å². The zero-order valence-electron chi connectivity index (χ0n) is 14.7. The molecule has 2 aromatic carbocycles. The second-order valence-corrected chi connectivity index (χ2v) is 6.58. The van der Waals surface area contributed by atoms with Crippen molar-refractivity contribution in [2.45, 2.75) is 6.42 Å². The standard InChI is InChI=1S/C19H13F3N4O3/c20-13-5-11(6-14(21)17(13)22)26-7-9(3-16(26)27)18(28)25-10-1-2-15-12(4-10)19(29)24-8-23-15/h1-2,4-6,8-9H,3,7H2,(H,25,28)(H,23,24,29)/t9-/m0/s1. The van der Waals surface area contributed by atoms with Crippen molar-refractivity contribution in [1.82, 2.24) is 9.97 Å². The summed E-state index contributed by atoms with van der Waals surface area (Å²) >= 11 is 0. The van der Waals surface area contributed by atoms with E-state index in [0.717, 1.165) is 4.90 Å². The molecule has 0 unspecified atom stereocenters. The van der Waals surface area contributed by atoms with Crippen LogP contribution in [-0.2, 0) is 9.59 Å². The number of hydrogen-bond donors (Lipinski definition) is 2. The highest BCUT2D eigenvalue weighted by Crippen LogP contribution is 2.28. The summed E-state index contributed by atoms with van der Waals surface area (Å²) in [5.74, 6) is -6.28. The maximum absolute atomic E-state index is 13.5. The van der Waals surface area contributed by atoms with Crippen LogP contribution in [0.5, 0.6) is 0 Å². The predicted octanol–water partition coefficient (Wildman–Crippen LogP) is 2.33. The van der Waals surface area contributed by atoms with Gasteiger partial charge in [-0.25, -0.2) is 18.2 Å². The fourth-order valence-corrected chi connectivity index (χ4v) is 3.22. The van der Waals surface area contributed by atoms with Gasteiger partial charge in [0, 0.05) is 36.5 Å². The summed E-state index contributed by atoms with van der Waals surface area (Å²) in [5, 5.41) is 2.91. The molecule has 2 heterocycles. The molecule has 148 valence electrons. The Morgan fingerprint density at radius 3 is 2.59 bits per heavy atom. The zero-order valence-corrected chi connectivity index (χ0v) is 14.7. The summed E-state index contributed by atoms with van der Waals surface area (Å²) in [7, 11) is 0. The van der Waals surface area contributed by atoms with E-state index in [4.69, 9.17) is 0 Å². The van der Waals surface area contributed by atoms with Gasteiger partial charge in [-0.2, -0.15) is 0 Å². The quantitative estimate of drug-likeness (QED) is 0.658. The van der Waals surface area contributed by atoms with Gasteiger partial charge in [-0.1, -0.05) is 0 Å². The number of aromatic amines is 1. The Hall–Kier alpha value is -3.69. The van der Waals surface area contributed by atoms with Crippen LogP contribution in [0.4, 0.5) is 24.5 Å². The van der Waals surface area contributed by atoms with Crippen molar-refractivity contribution >= 4 is 34.1 Å². The van der Waals surface area contributed by atoms with Crippen LogP contribution >= 0.6 is 0 Å². The number of benzene rings is 2. The molecular formula is C19H13F3N4O3. The number of nitrogens with zero attached hydrogens (tertiary/aromatic N) is 2. The first kappa shape index (κ1) is 18.7. The highest BCUT2D eigenvalue weighted by atomic mass is 19.2. The van der Waals surface area contributed by atoms with Crippen molar-refractivity contribution in [2.75, 3.05) is 16.8 Å². The number of fused-ring (bicyclic) bond motifs is 1. The second kappa shape index (κ2) is 7.04. The topological polar surface area (TPSA) is 95.2 Å². The van der Waals surface area contributed by atoms with E-state index in [-0.39, 0.29) is 29.6 Å². The van der Waals surface area contributed by atoms with Crippen LogP contribution in [0.3, 0.4) is 0 Å². The Bertz CT molecular complexity index is 1190. The molecule has 1 saturated heterocycles. The highest BCUT2D eigenvalue weighted by Gasteiger charge is 2.36. The van der Waals surface area contributed by atoms with Crippen LogP contribution in [0.2, 0.25) is 0 Å². The lowest BCUT2D eigenvalue weighted by Crippen LogP contribution is -2.28. The minimum atomic E-state index is -1.63. The molecule has 29 heavy (non-hydrogen) atoms. The smallest absolute Gasteiger partial charge is 0.258 e. The molecule has 2 N–H and O–H groups in total. The molecule has 0 bridgehead atoms. The Kier molecular flexibility index (Phi) is 4.53. The van der Waals surface area contributed by atoms with Gasteiger partial charge in [0.05, 0.1) is 23.1 Å². The van der Waals surface area contributed by atoms with Crippen molar-refractivity contribution < 1.29 is 22.8 Å². The van der Waals surface area contributed by atoms with Crippen molar-refractivity contribution in [2.24, 2.45) is 5.92 Å². The average molecular weight is 402 g/mol. The Morgan fingerprint density at radius 1 is 1.14 bits per heavy atom. The predicted molar refractivity (Wildman–Crippen MR) is 97.8 cm³/mol. The number of hydrogen-bond acceptors (Lipinski definition) is 4. The van der Waals surface area contributed by atoms with E-state index in [1.807, 2.05) is 0 Å². The summed E-state index contributed by atoms with van der Waals surface area (Å²) in [6.07, 6.45) is 1.09. The molecule has 4 rings (SSSR count). The van der Waals surface area contributed by atoms with Gasteiger partial charge in [-0.05, 0) is 18.2 Å². The summed E-state index contributed by atoms with van der Waals surface area (Å²) in [6, 6.07) is 6.00. The monoisotopic (exact) mass is 402 g/mol. The van der Waals surface area contributed by atoms with Crippen LogP contribution in [0.15, 0.2) is 41.5 Å². The molecule has 7 nitrogen and oxygen atoms in total. The first-order valence-electron chi connectivity index (χ1n) is 8.56. The van der Waals surface area contributed by atoms with Gasteiger partial charge in [-0.3, -0.25) is 14.4 Å². The van der Waals surface area contributed by atoms with E-state index in [0.29, 0.717) is 23.3 Å². The third-order valence-electron chi connectivity index (χ3n) is 4.68. The van der Waals surface area contributed by atoms with E-state index in [1.165, 1.54) is 12.4 Å². The number of aromatic nitrogens is 2. The lowest BCUT2D eigenvalue weighted by atomic mass is 10.1. The van der Waals surface area contributed by atoms with E-state index < -0.39 is 35.2 Å². The van der Waals surface area contributed by atoms with Gasteiger partial charge in [0.2, 0.25) is 11.8 Å². The lowest BCUT2D eigenvalue weighted by molar-refractivity contribution is -0.122. The number of anilines is 2. The molecule has 0 spiro atoms. The van der Waals surface area contributed by atoms with Gasteiger partial charge >= 0.3 is 0 Å². The van der Waals surface area contributed by atoms with Crippen molar-refractivity contribution in [3.63, 3.8) is 0 Å². The minimum Gasteiger partial charge on any atom is -0.326 e. The molecule has 0 radical (unpaired) electrons. The first-order chi connectivity index (χ1) is 13.8. The van der Waals surface area contributed by atoms with Gasteiger partial charge in [0.25, 0.3) is 5.56 Å². The Labute approximate surface area is 161 Å². The van der Waals surface area contributed by atoms with Gasteiger partial charge < -0.3 is 15.2 Å². The summed E-state index contributed by atoms with van der Waals surface area (Å²) in [6.45, 7) is -0.120. The first-order valence-corrected chi connectivity index (χ1v) is 8.56. The molecule has 3 aromatic rings. The summed E-state index contributed by atoms with van der Waals surface area (Å²) < 4.78 is 40.1. The number of amides is 2. The van der Waals surface area contributed by atoms with E-state index in [2.05, 4.69) is 15.3 Å². The number of rotatable bonds is 3. The second-order valence-electron chi connectivity index (χ2n) is 6.58. The highest BCUT2D eigenvalue weighted by molar-refractivity contribution is 6.04. The molecule has 2 amide bonds. The van der Waals surface area contributed by atoms with Gasteiger partial charge in [0.15, 0.2) is 17.5 Å². The molecular weight excluding hydrogens is 389 g/mol. The zero-order chi connectivity index (χ0) is 20.7. The van der Waals surface area contributed by atoms with E-state index >= 15 is 0 Å². The maximum Gasteiger partial charge on any atom is 0.258 e. The van der Waals surface area contributed by atoms with E-state index in [9.17, 15) is 27.6 Å². The SMILES string of the molecule is O=C(Nc1ccc2nc[nH]c(=O)c2c1)[C@H]1CC(=O)N(c2cc(F)c(F)c(F)c2)C1. The molecule has 1 fully saturated rings. The number of halogens is 3. The Morgan fingerprint density at radius 2 is 1.86 bits per heavy atom. The molecule has 1 aliphatic heterocycles. The van der Waals surface area contributed by atoms with Crippen LogP contribution < -0.4 is 15.8 Å². The number of carbonyl (C=O) groups excluding carboxylic acids is 2. The third kappa shape index (κ3) is 3.44. The van der Waals surface area contributed by atoms with Crippen molar-refractivity contribution in [1.29, 1.82) is 0 Å². The fraction of sp³-hybridized carbons (Fsp3) is 0.158. The largest absolute Gasteiger partial charge is 0.326 e. The third-order valence-corrected chi connectivity index (χ3v) is 4.68. The van der Waals surface area contributed by atoms with Crippen LogP contribution in [0, 0.1) is 23.4 Å². The normalized spacial score (nSPS) is 16.4. The van der Waals surface area contributed by atoms with Crippen LogP contribution in [0.25, 0.3) is 10.9 Å². The van der Waals surface area contributed by atoms with Crippen LogP contribution in [-0.4, -0.2) is 28.3 Å². The number of nitrogens with one attached hydrogen (secondary N) is 2. The lowest BCUT2D eigenvalue weighted by Gasteiger charge is -2.17. The van der Waals surface area contributed by atoms with E-state index in [1.54, 1.807) is 12.1 Å². The fourth-order valence-electron chi connectivity index (χ4n) is 3.22. The molecule has 1 aromatic heterocycles. The molecule has 0 aliphatic carbocycles. The van der Waals surface area contributed by atoms with Gasteiger partial charge in [-0.15, -0.1) is 0 Å². The van der Waals surface area contributed by atoms with Crippen molar-refractivity contribution in [3.8, 4) is 0 Å². The van der Waals surface area contributed by atoms with Crippen molar-refractivity contribution in [3.05, 3.63) is 64.5 Å². The van der Waals surface area contributed by atoms with Gasteiger partial charge in [0.1, 0.15) is 0 Å². The Balaban J connectivity index is 1.53. The summed E-state index contributed by atoms with van der Waals surface area (Å²) in [5.41, 5.74) is 0.263. The minimum absolute atomic E-state index is 0.120. The maximum atomic E-state index is 13.5. The molecule has 10 heteroatoms. The number of H-pyrrole nitrogens is 1.